The number of ether oxygens (including phenoxy) is 2. The molecular formula is C13H14BrCl2NO5S. The van der Waals surface area contributed by atoms with Crippen LogP contribution >= 0.6 is 39.1 Å². The van der Waals surface area contributed by atoms with Crippen LogP contribution in [0.5, 0.6) is 0 Å². The molecule has 0 aliphatic carbocycles. The Morgan fingerprint density at radius 2 is 2.04 bits per heavy atom. The highest BCUT2D eigenvalue weighted by atomic mass is 79.9. The molecule has 0 amide bonds. The van der Waals surface area contributed by atoms with E-state index in [0.29, 0.717) is 11.1 Å². The summed E-state index contributed by atoms with van der Waals surface area (Å²) in [6.45, 7) is 0.244. The SMILES string of the molecule is O=C(CNS(=O)(=O)c1c(Cl)cc(Br)cc1Cl)OCC1CCCO1. The van der Waals surface area contributed by atoms with E-state index >= 15 is 0 Å². The molecule has 2 rings (SSSR count). The van der Waals surface area contributed by atoms with Crippen LogP contribution in [0.4, 0.5) is 0 Å². The first-order valence-electron chi connectivity index (χ1n) is 6.71. The molecule has 1 heterocycles. The first-order valence-corrected chi connectivity index (χ1v) is 9.74. The van der Waals surface area contributed by atoms with Crippen LogP contribution in [0.25, 0.3) is 0 Å². The highest BCUT2D eigenvalue weighted by molar-refractivity contribution is 9.10. The van der Waals surface area contributed by atoms with Gasteiger partial charge in [0, 0.05) is 11.1 Å². The Balaban J connectivity index is 1.94. The maximum atomic E-state index is 12.2. The molecule has 1 aromatic rings. The molecule has 0 radical (unpaired) electrons. The van der Waals surface area contributed by atoms with Gasteiger partial charge in [0.1, 0.15) is 18.0 Å². The molecule has 1 saturated heterocycles. The van der Waals surface area contributed by atoms with Crippen LogP contribution in [-0.4, -0.2) is 40.2 Å². The van der Waals surface area contributed by atoms with E-state index in [9.17, 15) is 13.2 Å². The molecule has 1 aromatic carbocycles. The third-order valence-electron chi connectivity index (χ3n) is 3.09. The summed E-state index contributed by atoms with van der Waals surface area (Å²) in [6, 6.07) is 2.80. The maximum Gasteiger partial charge on any atom is 0.321 e. The summed E-state index contributed by atoms with van der Waals surface area (Å²) in [5.74, 6) is -0.701. The van der Waals surface area contributed by atoms with Crippen LogP contribution in [0.1, 0.15) is 12.8 Å². The van der Waals surface area contributed by atoms with E-state index in [-0.39, 0.29) is 27.7 Å². The summed E-state index contributed by atoms with van der Waals surface area (Å²) in [7, 11) is -4.04. The molecule has 1 atom stereocenters. The van der Waals surface area contributed by atoms with E-state index in [1.807, 2.05) is 0 Å². The van der Waals surface area contributed by atoms with Crippen LogP contribution in [-0.2, 0) is 24.3 Å². The van der Waals surface area contributed by atoms with Gasteiger partial charge in [-0.15, -0.1) is 0 Å². The fraction of sp³-hybridized carbons (Fsp3) is 0.462. The molecule has 0 spiro atoms. The Morgan fingerprint density at radius 3 is 2.61 bits per heavy atom. The van der Waals surface area contributed by atoms with Gasteiger partial charge in [0.25, 0.3) is 0 Å². The molecule has 10 heteroatoms. The monoisotopic (exact) mass is 445 g/mol. The summed E-state index contributed by atoms with van der Waals surface area (Å²) in [4.78, 5) is 11.3. The number of rotatable bonds is 6. The predicted octanol–water partition coefficient (Wildman–Crippen LogP) is 2.76. The minimum atomic E-state index is -4.04. The van der Waals surface area contributed by atoms with Gasteiger partial charge in [-0.2, -0.15) is 4.72 Å². The second kappa shape index (κ2) is 8.13. The third-order valence-corrected chi connectivity index (χ3v) is 5.87. The van der Waals surface area contributed by atoms with Crippen molar-refractivity contribution in [3.63, 3.8) is 0 Å². The van der Waals surface area contributed by atoms with Crippen LogP contribution in [0.15, 0.2) is 21.5 Å². The molecule has 1 aliphatic heterocycles. The lowest BCUT2D eigenvalue weighted by Gasteiger charge is -2.12. The van der Waals surface area contributed by atoms with Gasteiger partial charge in [0.15, 0.2) is 0 Å². The Hall–Kier alpha value is -0.380. The predicted molar refractivity (Wildman–Crippen MR) is 89.3 cm³/mol. The van der Waals surface area contributed by atoms with Crippen molar-refractivity contribution < 1.29 is 22.7 Å². The van der Waals surface area contributed by atoms with Gasteiger partial charge in [-0.1, -0.05) is 39.1 Å². The van der Waals surface area contributed by atoms with Gasteiger partial charge in [-0.05, 0) is 25.0 Å². The third kappa shape index (κ3) is 5.30. The van der Waals surface area contributed by atoms with Crippen molar-refractivity contribution >= 4 is 55.1 Å². The molecule has 6 nitrogen and oxygen atoms in total. The summed E-state index contributed by atoms with van der Waals surface area (Å²) >= 11 is 15.0. The lowest BCUT2D eigenvalue weighted by molar-refractivity contribution is -0.145. The van der Waals surface area contributed by atoms with Gasteiger partial charge in [0.05, 0.1) is 16.1 Å². The zero-order chi connectivity index (χ0) is 17.0. The van der Waals surface area contributed by atoms with E-state index in [1.54, 1.807) is 0 Å². The second-order valence-corrected chi connectivity index (χ2v) is 8.28. The molecule has 1 aliphatic rings. The Bertz CT molecular complexity index is 669. The fourth-order valence-electron chi connectivity index (χ4n) is 2.02. The van der Waals surface area contributed by atoms with Gasteiger partial charge in [-0.3, -0.25) is 4.79 Å². The zero-order valence-electron chi connectivity index (χ0n) is 11.9. The normalized spacial score (nSPS) is 18.1. The largest absolute Gasteiger partial charge is 0.462 e. The minimum Gasteiger partial charge on any atom is -0.462 e. The molecule has 128 valence electrons. The van der Waals surface area contributed by atoms with Crippen LogP contribution in [0.3, 0.4) is 0 Å². The van der Waals surface area contributed by atoms with E-state index in [4.69, 9.17) is 32.7 Å². The number of hydrogen-bond donors (Lipinski definition) is 1. The molecule has 0 bridgehead atoms. The molecule has 0 saturated carbocycles. The van der Waals surface area contributed by atoms with Crippen LogP contribution < -0.4 is 4.72 Å². The van der Waals surface area contributed by atoms with Crippen molar-refractivity contribution in [2.75, 3.05) is 19.8 Å². The highest BCUT2D eigenvalue weighted by Crippen LogP contribution is 2.32. The maximum absolute atomic E-state index is 12.2. The van der Waals surface area contributed by atoms with Crippen molar-refractivity contribution in [2.45, 2.75) is 23.8 Å². The summed E-state index contributed by atoms with van der Waals surface area (Å²) in [5, 5.41) is -0.103. The Labute approximate surface area is 152 Å². The molecule has 1 fully saturated rings. The van der Waals surface area contributed by atoms with Gasteiger partial charge >= 0.3 is 5.97 Å². The number of nitrogens with one attached hydrogen (secondary N) is 1. The zero-order valence-corrected chi connectivity index (χ0v) is 15.8. The number of benzene rings is 1. The standard InChI is InChI=1S/C13H14BrCl2NO5S/c14-8-4-10(15)13(11(16)5-8)23(19,20)17-6-12(18)22-7-9-2-1-3-21-9/h4-5,9,17H,1-3,6-7H2. The first-order chi connectivity index (χ1) is 10.8. The lowest BCUT2D eigenvalue weighted by Crippen LogP contribution is -2.32. The van der Waals surface area contributed by atoms with Gasteiger partial charge in [0.2, 0.25) is 10.0 Å². The van der Waals surface area contributed by atoms with Crippen molar-refractivity contribution in [1.82, 2.24) is 4.72 Å². The number of carbonyl (C=O) groups excluding carboxylic acids is 1. The molecule has 23 heavy (non-hydrogen) atoms. The summed E-state index contributed by atoms with van der Waals surface area (Å²) < 4.78 is 37.4. The van der Waals surface area contributed by atoms with Crippen molar-refractivity contribution in [3.05, 3.63) is 26.7 Å². The van der Waals surface area contributed by atoms with E-state index in [2.05, 4.69) is 20.7 Å². The van der Waals surface area contributed by atoms with Gasteiger partial charge < -0.3 is 9.47 Å². The quantitative estimate of drug-likeness (QED) is 0.679. The second-order valence-electron chi connectivity index (χ2n) is 4.84. The Kier molecular flexibility index (Phi) is 6.70. The number of sulfonamides is 1. The summed E-state index contributed by atoms with van der Waals surface area (Å²) in [6.07, 6.45) is 1.63. The number of hydrogen-bond acceptors (Lipinski definition) is 5. The van der Waals surface area contributed by atoms with Crippen molar-refractivity contribution in [2.24, 2.45) is 0 Å². The van der Waals surface area contributed by atoms with Crippen LogP contribution in [0.2, 0.25) is 10.0 Å². The molecule has 0 aromatic heterocycles. The van der Waals surface area contributed by atoms with Gasteiger partial charge in [-0.25, -0.2) is 8.42 Å². The first kappa shape index (κ1) is 19.0. The minimum absolute atomic E-state index is 0.0513. The molecule has 1 N–H and O–H groups in total. The lowest BCUT2D eigenvalue weighted by atomic mass is 10.2. The number of esters is 1. The molecular weight excluding hydrogens is 433 g/mol. The smallest absolute Gasteiger partial charge is 0.321 e. The van der Waals surface area contributed by atoms with E-state index < -0.39 is 22.5 Å². The highest BCUT2D eigenvalue weighted by Gasteiger charge is 2.24. The number of carbonyl (C=O) groups is 1. The topological polar surface area (TPSA) is 81.7 Å². The molecule has 1 unspecified atom stereocenters. The summed E-state index contributed by atoms with van der Waals surface area (Å²) in [5.41, 5.74) is 0. The fourth-order valence-corrected chi connectivity index (χ4v) is 4.93. The average molecular weight is 447 g/mol. The van der Waals surface area contributed by atoms with Crippen LogP contribution in [0, 0.1) is 0 Å². The number of halogens is 3. The Morgan fingerprint density at radius 1 is 1.39 bits per heavy atom. The average Bonchev–Trinajstić information content (AvgIpc) is 2.94. The van der Waals surface area contributed by atoms with E-state index in [0.717, 1.165) is 12.8 Å². The van der Waals surface area contributed by atoms with E-state index in [1.165, 1.54) is 12.1 Å². The van der Waals surface area contributed by atoms with Crippen molar-refractivity contribution in [3.8, 4) is 0 Å². The van der Waals surface area contributed by atoms with Crippen molar-refractivity contribution in [1.29, 1.82) is 0 Å².